The lowest BCUT2D eigenvalue weighted by Crippen LogP contribution is -2.36. The van der Waals surface area contributed by atoms with E-state index in [4.69, 9.17) is 9.47 Å². The van der Waals surface area contributed by atoms with Crippen LogP contribution < -0.4 is 20.7 Å². The summed E-state index contributed by atoms with van der Waals surface area (Å²) >= 11 is 0. The standard InChI is InChI=1S/C23H30N4O3.HI/c1-3-24-23(25-15-17-9-11-20(29-2)12-10-17)26-16-18-6-4-7-19(14-18)27-22(28)21-8-5-13-30-21;/h4,6-7,9-12,14,21H,3,5,8,13,15-16H2,1-2H3,(H,27,28)(H2,24,25,26);1H. The molecule has 1 aliphatic rings. The van der Waals surface area contributed by atoms with E-state index in [9.17, 15) is 4.79 Å². The zero-order valence-corrected chi connectivity index (χ0v) is 20.3. The first-order valence-corrected chi connectivity index (χ1v) is 10.3. The van der Waals surface area contributed by atoms with E-state index in [-0.39, 0.29) is 36.0 Å². The molecule has 1 atom stereocenters. The summed E-state index contributed by atoms with van der Waals surface area (Å²) in [5, 5.41) is 9.54. The molecule has 0 radical (unpaired) electrons. The van der Waals surface area contributed by atoms with Gasteiger partial charge in [-0.3, -0.25) is 4.79 Å². The summed E-state index contributed by atoms with van der Waals surface area (Å²) in [6.45, 7) is 4.62. The molecule has 1 aliphatic heterocycles. The number of nitrogens with one attached hydrogen (secondary N) is 3. The number of rotatable bonds is 8. The van der Waals surface area contributed by atoms with Crippen LogP contribution in [-0.2, 0) is 22.6 Å². The van der Waals surface area contributed by atoms with E-state index in [0.29, 0.717) is 19.7 Å². The number of benzene rings is 2. The minimum absolute atomic E-state index is 0. The van der Waals surface area contributed by atoms with Crippen LogP contribution in [0.1, 0.15) is 30.9 Å². The topological polar surface area (TPSA) is 84.0 Å². The Labute approximate surface area is 201 Å². The van der Waals surface area contributed by atoms with Crippen molar-refractivity contribution in [3.05, 3.63) is 59.7 Å². The monoisotopic (exact) mass is 538 g/mol. The van der Waals surface area contributed by atoms with Crippen LogP contribution in [0.3, 0.4) is 0 Å². The first-order valence-electron chi connectivity index (χ1n) is 10.3. The second kappa shape index (κ2) is 13.2. The van der Waals surface area contributed by atoms with Crippen LogP contribution in [0, 0.1) is 0 Å². The van der Waals surface area contributed by atoms with Gasteiger partial charge in [0.15, 0.2) is 5.96 Å². The third-order valence-corrected chi connectivity index (χ3v) is 4.80. The molecule has 0 bridgehead atoms. The number of ether oxygens (including phenoxy) is 2. The lowest BCUT2D eigenvalue weighted by atomic mass is 10.2. The third-order valence-electron chi connectivity index (χ3n) is 4.80. The highest BCUT2D eigenvalue weighted by molar-refractivity contribution is 14.0. The van der Waals surface area contributed by atoms with Gasteiger partial charge < -0.3 is 25.4 Å². The number of amides is 1. The van der Waals surface area contributed by atoms with Gasteiger partial charge in [-0.05, 0) is 55.2 Å². The number of carbonyl (C=O) groups excluding carboxylic acids is 1. The van der Waals surface area contributed by atoms with Crippen molar-refractivity contribution in [3.8, 4) is 5.75 Å². The molecule has 0 spiro atoms. The van der Waals surface area contributed by atoms with Gasteiger partial charge in [0, 0.05) is 25.4 Å². The number of guanidine groups is 1. The van der Waals surface area contributed by atoms with Gasteiger partial charge in [-0.2, -0.15) is 0 Å². The maximum Gasteiger partial charge on any atom is 0.253 e. The molecule has 1 heterocycles. The van der Waals surface area contributed by atoms with Gasteiger partial charge in [-0.15, -0.1) is 24.0 Å². The Morgan fingerprint density at radius 3 is 2.65 bits per heavy atom. The van der Waals surface area contributed by atoms with E-state index in [1.807, 2.05) is 55.5 Å². The molecule has 3 rings (SSSR count). The van der Waals surface area contributed by atoms with Gasteiger partial charge in [-0.25, -0.2) is 4.99 Å². The maximum absolute atomic E-state index is 12.2. The third kappa shape index (κ3) is 8.02. The summed E-state index contributed by atoms with van der Waals surface area (Å²) in [4.78, 5) is 16.9. The average Bonchev–Trinajstić information content (AvgIpc) is 3.31. The van der Waals surface area contributed by atoms with Crippen molar-refractivity contribution >= 4 is 41.5 Å². The molecular weight excluding hydrogens is 507 g/mol. The van der Waals surface area contributed by atoms with E-state index in [1.165, 1.54) is 0 Å². The molecule has 0 saturated carbocycles. The molecule has 1 amide bonds. The van der Waals surface area contributed by atoms with Crippen molar-refractivity contribution in [2.24, 2.45) is 4.99 Å². The lowest BCUT2D eigenvalue weighted by molar-refractivity contribution is -0.124. The zero-order chi connectivity index (χ0) is 21.2. The Balaban J connectivity index is 0.00000341. The number of hydrogen-bond donors (Lipinski definition) is 3. The fraction of sp³-hybridized carbons (Fsp3) is 0.391. The quantitative estimate of drug-likeness (QED) is 0.272. The van der Waals surface area contributed by atoms with Crippen LogP contribution in [0.25, 0.3) is 0 Å². The summed E-state index contributed by atoms with van der Waals surface area (Å²) in [6, 6.07) is 15.7. The van der Waals surface area contributed by atoms with Gasteiger partial charge >= 0.3 is 0 Å². The molecule has 1 saturated heterocycles. The van der Waals surface area contributed by atoms with Crippen molar-refractivity contribution in [1.29, 1.82) is 0 Å². The van der Waals surface area contributed by atoms with Crippen molar-refractivity contribution in [1.82, 2.24) is 10.6 Å². The summed E-state index contributed by atoms with van der Waals surface area (Å²) < 4.78 is 10.6. The smallest absolute Gasteiger partial charge is 0.253 e. The molecule has 31 heavy (non-hydrogen) atoms. The van der Waals surface area contributed by atoms with Crippen LogP contribution in [0.4, 0.5) is 5.69 Å². The zero-order valence-electron chi connectivity index (χ0n) is 18.0. The number of anilines is 1. The summed E-state index contributed by atoms with van der Waals surface area (Å²) in [6.07, 6.45) is 1.37. The SMILES string of the molecule is CCNC(=NCc1cccc(NC(=O)C2CCCO2)c1)NCc1ccc(OC)cc1.I. The first-order chi connectivity index (χ1) is 14.7. The average molecular weight is 538 g/mol. The van der Waals surface area contributed by atoms with Crippen molar-refractivity contribution < 1.29 is 14.3 Å². The second-order valence-corrected chi connectivity index (χ2v) is 7.09. The first kappa shape index (κ1) is 24.9. The normalized spacial score (nSPS) is 15.7. The molecule has 168 valence electrons. The van der Waals surface area contributed by atoms with Crippen LogP contribution in [0.2, 0.25) is 0 Å². The molecule has 2 aromatic rings. The Hall–Kier alpha value is -2.33. The number of halogens is 1. The Morgan fingerprint density at radius 1 is 1.16 bits per heavy atom. The van der Waals surface area contributed by atoms with Crippen LogP contribution in [0.15, 0.2) is 53.5 Å². The minimum Gasteiger partial charge on any atom is -0.497 e. The highest BCUT2D eigenvalue weighted by Crippen LogP contribution is 2.17. The number of hydrogen-bond acceptors (Lipinski definition) is 4. The number of nitrogens with zero attached hydrogens (tertiary/aromatic N) is 1. The molecule has 7 nitrogen and oxygen atoms in total. The molecule has 1 fully saturated rings. The molecular formula is C23H31IN4O3. The van der Waals surface area contributed by atoms with Crippen molar-refractivity contribution in [2.45, 2.75) is 39.0 Å². The molecule has 3 N–H and O–H groups in total. The molecule has 0 aromatic heterocycles. The summed E-state index contributed by atoms with van der Waals surface area (Å²) in [7, 11) is 1.66. The van der Waals surface area contributed by atoms with Crippen LogP contribution in [0.5, 0.6) is 5.75 Å². The van der Waals surface area contributed by atoms with Gasteiger partial charge in [0.2, 0.25) is 0 Å². The van der Waals surface area contributed by atoms with E-state index in [1.54, 1.807) is 7.11 Å². The van der Waals surface area contributed by atoms with Crippen molar-refractivity contribution in [2.75, 3.05) is 25.6 Å². The summed E-state index contributed by atoms with van der Waals surface area (Å²) in [5.41, 5.74) is 2.92. The van der Waals surface area contributed by atoms with Crippen LogP contribution in [-0.4, -0.2) is 38.2 Å². The Morgan fingerprint density at radius 2 is 1.97 bits per heavy atom. The lowest BCUT2D eigenvalue weighted by Gasteiger charge is -2.13. The second-order valence-electron chi connectivity index (χ2n) is 7.09. The van der Waals surface area contributed by atoms with Gasteiger partial charge in [0.25, 0.3) is 5.91 Å². The van der Waals surface area contributed by atoms with Gasteiger partial charge in [-0.1, -0.05) is 24.3 Å². The van der Waals surface area contributed by atoms with E-state index < -0.39 is 0 Å². The van der Waals surface area contributed by atoms with E-state index >= 15 is 0 Å². The Bertz CT molecular complexity index is 852. The number of aliphatic imine (C=N–C) groups is 1. The summed E-state index contributed by atoms with van der Waals surface area (Å²) in [5.74, 6) is 1.50. The highest BCUT2D eigenvalue weighted by Gasteiger charge is 2.23. The fourth-order valence-corrected chi connectivity index (χ4v) is 3.20. The number of carbonyl (C=O) groups is 1. The largest absolute Gasteiger partial charge is 0.497 e. The van der Waals surface area contributed by atoms with Gasteiger partial charge in [0.1, 0.15) is 11.9 Å². The molecule has 0 aliphatic carbocycles. The minimum atomic E-state index is -0.339. The van der Waals surface area contributed by atoms with E-state index in [2.05, 4.69) is 20.9 Å². The molecule has 2 aromatic carbocycles. The highest BCUT2D eigenvalue weighted by atomic mass is 127. The van der Waals surface area contributed by atoms with E-state index in [0.717, 1.165) is 47.9 Å². The molecule has 1 unspecified atom stereocenters. The predicted molar refractivity (Wildman–Crippen MR) is 134 cm³/mol. The van der Waals surface area contributed by atoms with Gasteiger partial charge in [0.05, 0.1) is 13.7 Å². The van der Waals surface area contributed by atoms with Crippen LogP contribution >= 0.6 is 24.0 Å². The van der Waals surface area contributed by atoms with Crippen molar-refractivity contribution in [3.63, 3.8) is 0 Å². The number of methoxy groups -OCH3 is 1. The fourth-order valence-electron chi connectivity index (χ4n) is 3.20. The Kier molecular flexibility index (Phi) is 10.6. The predicted octanol–water partition coefficient (Wildman–Crippen LogP) is 3.69. The maximum atomic E-state index is 12.2. The molecule has 8 heteroatoms.